The summed E-state index contributed by atoms with van der Waals surface area (Å²) in [6.45, 7) is 8.28. The Kier molecular flexibility index (Phi) is 5.07. The van der Waals surface area contributed by atoms with E-state index in [1.54, 1.807) is 0 Å². The third-order valence-corrected chi connectivity index (χ3v) is 3.18. The Balaban J connectivity index is 2.14. The molecule has 0 unspecified atom stereocenters. The Hall–Kier alpha value is -0.0800. The van der Waals surface area contributed by atoms with E-state index in [2.05, 4.69) is 32.7 Å². The van der Waals surface area contributed by atoms with Gasteiger partial charge in [0.2, 0.25) is 0 Å². The zero-order chi connectivity index (χ0) is 11.3. The quantitative estimate of drug-likeness (QED) is 0.711. The summed E-state index contributed by atoms with van der Waals surface area (Å²) in [5, 5.41) is 0. The van der Waals surface area contributed by atoms with Crippen LogP contribution in [0.1, 0.15) is 52.9 Å². The molecule has 0 aromatic rings. The summed E-state index contributed by atoms with van der Waals surface area (Å²) in [6, 6.07) is 0.808. The second kappa shape index (κ2) is 5.86. The SMILES string of the molecule is CN(CCOC(C)(C)C)C1CCCCC1. The molecule has 0 spiro atoms. The fourth-order valence-electron chi connectivity index (χ4n) is 2.20. The first-order valence-electron chi connectivity index (χ1n) is 6.33. The van der Waals surface area contributed by atoms with Crippen LogP contribution in [0.15, 0.2) is 0 Å². The van der Waals surface area contributed by atoms with Gasteiger partial charge in [-0.3, -0.25) is 0 Å². The summed E-state index contributed by atoms with van der Waals surface area (Å²) in [7, 11) is 2.24. The lowest BCUT2D eigenvalue weighted by molar-refractivity contribution is -0.0159. The summed E-state index contributed by atoms with van der Waals surface area (Å²) in [5.41, 5.74) is 0.00735. The number of ether oxygens (including phenoxy) is 1. The summed E-state index contributed by atoms with van der Waals surface area (Å²) >= 11 is 0. The van der Waals surface area contributed by atoms with Gasteiger partial charge in [-0.05, 0) is 40.7 Å². The fraction of sp³-hybridized carbons (Fsp3) is 1.00. The molecule has 1 fully saturated rings. The fourth-order valence-corrected chi connectivity index (χ4v) is 2.20. The molecule has 1 aliphatic rings. The van der Waals surface area contributed by atoms with Crippen LogP contribution in [-0.2, 0) is 4.74 Å². The lowest BCUT2D eigenvalue weighted by atomic mass is 9.94. The largest absolute Gasteiger partial charge is 0.375 e. The summed E-state index contributed by atoms with van der Waals surface area (Å²) in [4.78, 5) is 2.48. The molecule has 0 radical (unpaired) electrons. The van der Waals surface area contributed by atoms with E-state index in [9.17, 15) is 0 Å². The number of nitrogens with zero attached hydrogens (tertiary/aromatic N) is 1. The van der Waals surface area contributed by atoms with Crippen LogP contribution in [0.25, 0.3) is 0 Å². The van der Waals surface area contributed by atoms with Crippen LogP contribution in [0, 0.1) is 0 Å². The molecule has 1 saturated carbocycles. The molecule has 0 heterocycles. The van der Waals surface area contributed by atoms with Crippen LogP contribution in [0.4, 0.5) is 0 Å². The highest BCUT2D eigenvalue weighted by molar-refractivity contribution is 4.73. The topological polar surface area (TPSA) is 12.5 Å². The van der Waals surface area contributed by atoms with E-state index >= 15 is 0 Å². The van der Waals surface area contributed by atoms with Gasteiger partial charge in [-0.2, -0.15) is 0 Å². The van der Waals surface area contributed by atoms with Crippen LogP contribution >= 0.6 is 0 Å². The van der Waals surface area contributed by atoms with E-state index in [0.29, 0.717) is 0 Å². The van der Waals surface area contributed by atoms with E-state index in [1.165, 1.54) is 32.1 Å². The van der Waals surface area contributed by atoms with Gasteiger partial charge in [0.25, 0.3) is 0 Å². The number of hydrogen-bond acceptors (Lipinski definition) is 2. The predicted octanol–water partition coefficient (Wildman–Crippen LogP) is 3.07. The van der Waals surface area contributed by atoms with Gasteiger partial charge in [-0.25, -0.2) is 0 Å². The van der Waals surface area contributed by atoms with Gasteiger partial charge in [0.05, 0.1) is 12.2 Å². The Bertz CT molecular complexity index is 168. The van der Waals surface area contributed by atoms with Gasteiger partial charge in [0.15, 0.2) is 0 Å². The van der Waals surface area contributed by atoms with Crippen molar-refractivity contribution in [2.75, 3.05) is 20.2 Å². The molecule has 0 saturated heterocycles. The van der Waals surface area contributed by atoms with Crippen molar-refractivity contribution in [1.29, 1.82) is 0 Å². The van der Waals surface area contributed by atoms with Crippen molar-refractivity contribution in [3.8, 4) is 0 Å². The van der Waals surface area contributed by atoms with Crippen molar-refractivity contribution in [2.45, 2.75) is 64.5 Å². The number of hydrogen-bond donors (Lipinski definition) is 0. The molecule has 1 rings (SSSR count). The molecule has 0 bridgehead atoms. The van der Waals surface area contributed by atoms with Gasteiger partial charge in [0, 0.05) is 12.6 Å². The molecule has 2 heteroatoms. The zero-order valence-electron chi connectivity index (χ0n) is 10.9. The van der Waals surface area contributed by atoms with E-state index in [0.717, 1.165) is 19.2 Å². The Morgan fingerprint density at radius 2 is 1.73 bits per heavy atom. The Morgan fingerprint density at radius 1 is 1.13 bits per heavy atom. The minimum Gasteiger partial charge on any atom is -0.375 e. The number of rotatable bonds is 4. The zero-order valence-corrected chi connectivity index (χ0v) is 10.9. The Labute approximate surface area is 95.0 Å². The highest BCUT2D eigenvalue weighted by Gasteiger charge is 2.18. The average molecular weight is 213 g/mol. The predicted molar refractivity (Wildman–Crippen MR) is 65.2 cm³/mol. The molecule has 2 nitrogen and oxygen atoms in total. The molecule has 0 atom stereocenters. The molecule has 15 heavy (non-hydrogen) atoms. The maximum absolute atomic E-state index is 5.75. The first-order chi connectivity index (χ1) is 6.99. The van der Waals surface area contributed by atoms with Gasteiger partial charge in [-0.15, -0.1) is 0 Å². The van der Waals surface area contributed by atoms with Crippen molar-refractivity contribution in [3.05, 3.63) is 0 Å². The molecule has 90 valence electrons. The summed E-state index contributed by atoms with van der Waals surface area (Å²) in [6.07, 6.45) is 7.02. The van der Waals surface area contributed by atoms with Crippen molar-refractivity contribution < 1.29 is 4.74 Å². The van der Waals surface area contributed by atoms with Gasteiger partial charge in [0.1, 0.15) is 0 Å². The van der Waals surface area contributed by atoms with E-state index in [1.807, 2.05) is 0 Å². The molecular formula is C13H27NO. The van der Waals surface area contributed by atoms with Crippen LogP contribution in [-0.4, -0.2) is 36.7 Å². The smallest absolute Gasteiger partial charge is 0.0600 e. The lowest BCUT2D eigenvalue weighted by Gasteiger charge is -2.32. The maximum Gasteiger partial charge on any atom is 0.0600 e. The van der Waals surface area contributed by atoms with Crippen LogP contribution in [0.2, 0.25) is 0 Å². The molecule has 0 N–H and O–H groups in total. The second-order valence-corrected chi connectivity index (χ2v) is 5.73. The standard InChI is InChI=1S/C13H27NO/c1-13(2,3)15-11-10-14(4)12-8-6-5-7-9-12/h12H,5-11H2,1-4H3. The minimum atomic E-state index is 0.00735. The van der Waals surface area contributed by atoms with Crippen molar-refractivity contribution >= 4 is 0 Å². The van der Waals surface area contributed by atoms with Crippen LogP contribution < -0.4 is 0 Å². The normalized spacial score (nSPS) is 19.8. The highest BCUT2D eigenvalue weighted by Crippen LogP contribution is 2.21. The van der Waals surface area contributed by atoms with Crippen molar-refractivity contribution in [2.24, 2.45) is 0 Å². The molecule has 0 aliphatic heterocycles. The Morgan fingerprint density at radius 3 is 2.27 bits per heavy atom. The average Bonchev–Trinajstić information content (AvgIpc) is 2.17. The van der Waals surface area contributed by atoms with Gasteiger partial charge < -0.3 is 9.64 Å². The molecular weight excluding hydrogens is 186 g/mol. The van der Waals surface area contributed by atoms with Gasteiger partial charge in [-0.1, -0.05) is 19.3 Å². The van der Waals surface area contributed by atoms with E-state index < -0.39 is 0 Å². The lowest BCUT2D eigenvalue weighted by Crippen LogP contribution is -2.37. The minimum absolute atomic E-state index is 0.00735. The maximum atomic E-state index is 5.75. The molecule has 0 amide bonds. The monoisotopic (exact) mass is 213 g/mol. The summed E-state index contributed by atoms with van der Waals surface area (Å²) in [5.74, 6) is 0. The molecule has 1 aliphatic carbocycles. The van der Waals surface area contributed by atoms with Crippen molar-refractivity contribution in [1.82, 2.24) is 4.90 Å². The van der Waals surface area contributed by atoms with E-state index in [-0.39, 0.29) is 5.60 Å². The molecule has 0 aromatic carbocycles. The number of likely N-dealkylation sites (N-methyl/N-ethyl adjacent to an activating group) is 1. The third kappa shape index (κ3) is 5.53. The van der Waals surface area contributed by atoms with Crippen molar-refractivity contribution in [3.63, 3.8) is 0 Å². The summed E-state index contributed by atoms with van der Waals surface area (Å²) < 4.78 is 5.75. The third-order valence-electron chi connectivity index (χ3n) is 3.18. The van der Waals surface area contributed by atoms with Crippen LogP contribution in [0.3, 0.4) is 0 Å². The molecule has 0 aromatic heterocycles. The second-order valence-electron chi connectivity index (χ2n) is 5.73. The first-order valence-corrected chi connectivity index (χ1v) is 6.33. The first kappa shape index (κ1) is 13.0. The van der Waals surface area contributed by atoms with Crippen LogP contribution in [0.5, 0.6) is 0 Å². The van der Waals surface area contributed by atoms with E-state index in [4.69, 9.17) is 4.74 Å². The van der Waals surface area contributed by atoms with Gasteiger partial charge >= 0.3 is 0 Å². The highest BCUT2D eigenvalue weighted by atomic mass is 16.5.